The van der Waals surface area contributed by atoms with Gasteiger partial charge in [0.25, 0.3) is 0 Å². The Bertz CT molecular complexity index is 1430. The Hall–Kier alpha value is -3.08. The molecule has 2 heterocycles. The van der Waals surface area contributed by atoms with Gasteiger partial charge in [-0.1, -0.05) is 19.4 Å². The third-order valence-corrected chi connectivity index (χ3v) is 9.38. The zero-order valence-corrected chi connectivity index (χ0v) is 22.9. The second kappa shape index (κ2) is 9.46. The van der Waals surface area contributed by atoms with Crippen LogP contribution in [0.5, 0.6) is 0 Å². The summed E-state index contributed by atoms with van der Waals surface area (Å²) in [4.78, 5) is 29.9. The minimum atomic E-state index is -10.2. The SMILES string of the molecule is O=C(NC1CCC(F)(F)CC1)C(c1cnccc1C(F)(F)F)N(C(=O)C12CC1CCN2)c1ccc(S(F)(F)(F)(F)F)cc1. The molecule has 2 N–H and O–H groups in total. The van der Waals surface area contributed by atoms with Gasteiger partial charge in [-0.2, -0.15) is 13.2 Å². The molecule has 0 spiro atoms. The highest BCUT2D eigenvalue weighted by atomic mass is 32.5. The molecule has 2 saturated carbocycles. The maximum atomic E-state index is 14.2. The third kappa shape index (κ3) is 6.28. The Balaban J connectivity index is 1.64. The lowest BCUT2D eigenvalue weighted by molar-refractivity contribution is -0.139. The van der Waals surface area contributed by atoms with Crippen LogP contribution in [0.4, 0.5) is 47.1 Å². The molecule has 2 aliphatic carbocycles. The third-order valence-electron chi connectivity index (χ3n) is 8.22. The van der Waals surface area contributed by atoms with Crippen molar-refractivity contribution in [1.29, 1.82) is 0 Å². The average Bonchev–Trinajstić information content (AvgIpc) is 3.46. The lowest BCUT2D eigenvalue weighted by Crippen LogP contribution is -2.54. The number of fused-ring (bicyclic) bond motifs is 1. The number of rotatable bonds is 7. The van der Waals surface area contributed by atoms with Crippen LogP contribution in [0, 0.1) is 5.92 Å². The zero-order chi connectivity index (χ0) is 31.7. The first kappa shape index (κ1) is 31.3. The predicted octanol–water partition coefficient (Wildman–Crippen LogP) is 7.28. The number of nitrogens with zero attached hydrogens (tertiary/aromatic N) is 2. The Morgan fingerprint density at radius 1 is 1.00 bits per heavy atom. The van der Waals surface area contributed by atoms with E-state index >= 15 is 0 Å². The standard InChI is InChI=1S/C26H26F10N4O2S/c27-24(28)9-5-16(6-10-24)39-22(41)21(19-14-37-11-8-20(19)26(29,30)31)40(23(42)25-13-15(25)7-12-38-25)17-1-3-18(4-2-17)43(32,33,34,35)36/h1-4,8,11,14-16,21,38H,5-7,9-10,12-13H2,(H,39,41). The lowest BCUT2D eigenvalue weighted by Gasteiger charge is -2.41. The minimum absolute atomic E-state index is 0.00656. The van der Waals surface area contributed by atoms with Crippen molar-refractivity contribution in [2.45, 2.75) is 73.1 Å². The summed E-state index contributed by atoms with van der Waals surface area (Å²) in [6.45, 7) is 0.335. The van der Waals surface area contributed by atoms with Crippen molar-refractivity contribution in [3.8, 4) is 0 Å². The van der Waals surface area contributed by atoms with E-state index in [1.54, 1.807) is 0 Å². The van der Waals surface area contributed by atoms with E-state index in [1.165, 1.54) is 0 Å². The number of anilines is 1. The molecule has 3 atom stereocenters. The molecule has 238 valence electrons. The monoisotopic (exact) mass is 648 g/mol. The largest absolute Gasteiger partial charge is 0.416 e. The molecule has 1 saturated heterocycles. The number of benzene rings is 1. The number of piperidine rings is 1. The highest BCUT2D eigenvalue weighted by molar-refractivity contribution is 8.45. The number of hydrogen-bond donors (Lipinski definition) is 2. The summed E-state index contributed by atoms with van der Waals surface area (Å²) in [5, 5.41) is 5.37. The number of carbonyl (C=O) groups excluding carboxylic acids is 2. The second-order valence-electron chi connectivity index (χ2n) is 11.2. The molecule has 2 aromatic rings. The molecule has 3 fully saturated rings. The van der Waals surface area contributed by atoms with Gasteiger partial charge in [-0.25, -0.2) is 8.78 Å². The average molecular weight is 649 g/mol. The fourth-order valence-electron chi connectivity index (χ4n) is 5.91. The fraction of sp³-hybridized carbons (Fsp3) is 0.500. The quantitative estimate of drug-likeness (QED) is 0.310. The van der Waals surface area contributed by atoms with E-state index in [9.17, 15) is 51.0 Å². The number of alkyl halides is 5. The first-order valence-corrected chi connectivity index (χ1v) is 15.2. The fourth-order valence-corrected chi connectivity index (χ4v) is 6.56. The summed E-state index contributed by atoms with van der Waals surface area (Å²) >= 11 is 0. The summed E-state index contributed by atoms with van der Waals surface area (Å²) in [5.41, 5.74) is -4.13. The number of aromatic nitrogens is 1. The summed E-state index contributed by atoms with van der Waals surface area (Å²) in [7, 11) is -10.2. The molecule has 1 aromatic carbocycles. The van der Waals surface area contributed by atoms with Gasteiger partial charge in [-0.15, -0.1) is 0 Å². The van der Waals surface area contributed by atoms with Gasteiger partial charge < -0.3 is 10.6 Å². The lowest BCUT2D eigenvalue weighted by atomic mass is 9.91. The van der Waals surface area contributed by atoms with Crippen LogP contribution in [-0.4, -0.2) is 40.8 Å². The van der Waals surface area contributed by atoms with Gasteiger partial charge in [-0.3, -0.25) is 19.5 Å². The van der Waals surface area contributed by atoms with E-state index in [-0.39, 0.29) is 37.3 Å². The highest BCUT2D eigenvalue weighted by Gasteiger charge is 2.66. The van der Waals surface area contributed by atoms with Crippen LogP contribution in [0.15, 0.2) is 47.6 Å². The van der Waals surface area contributed by atoms with Gasteiger partial charge >= 0.3 is 16.4 Å². The van der Waals surface area contributed by atoms with E-state index < -0.39 is 86.3 Å². The summed E-state index contributed by atoms with van der Waals surface area (Å²) in [5.74, 6) is -5.48. The van der Waals surface area contributed by atoms with Crippen molar-refractivity contribution >= 4 is 27.7 Å². The molecule has 0 bridgehead atoms. The van der Waals surface area contributed by atoms with Gasteiger partial charge in [0.05, 0.1) is 5.56 Å². The molecule has 1 aliphatic heterocycles. The van der Waals surface area contributed by atoms with Crippen molar-refractivity contribution in [1.82, 2.24) is 15.6 Å². The van der Waals surface area contributed by atoms with Crippen molar-refractivity contribution in [2.75, 3.05) is 11.4 Å². The number of amides is 2. The first-order chi connectivity index (χ1) is 19.6. The van der Waals surface area contributed by atoms with Crippen LogP contribution < -0.4 is 15.5 Å². The van der Waals surface area contributed by atoms with Crippen molar-refractivity contribution in [2.24, 2.45) is 5.92 Å². The summed E-state index contributed by atoms with van der Waals surface area (Å²) in [6, 6.07) is -1.62. The maximum Gasteiger partial charge on any atom is 0.416 e. The number of hydrogen-bond acceptors (Lipinski definition) is 4. The number of carbonyl (C=O) groups is 2. The molecule has 2 amide bonds. The van der Waals surface area contributed by atoms with Crippen LogP contribution >= 0.6 is 10.2 Å². The predicted molar refractivity (Wildman–Crippen MR) is 136 cm³/mol. The van der Waals surface area contributed by atoms with Crippen molar-refractivity contribution < 1.29 is 51.0 Å². The van der Waals surface area contributed by atoms with Crippen LogP contribution in [-0.2, 0) is 15.8 Å². The minimum Gasteiger partial charge on any atom is -0.351 e. The number of nitrogens with one attached hydrogen (secondary N) is 2. The molecule has 6 nitrogen and oxygen atoms in total. The van der Waals surface area contributed by atoms with E-state index in [2.05, 4.69) is 15.6 Å². The Morgan fingerprint density at radius 2 is 1.63 bits per heavy atom. The highest BCUT2D eigenvalue weighted by Crippen LogP contribution is 3.02. The molecule has 1 aromatic heterocycles. The molecular weight excluding hydrogens is 622 g/mol. The second-order valence-corrected chi connectivity index (χ2v) is 13.6. The van der Waals surface area contributed by atoms with Crippen LogP contribution in [0.1, 0.15) is 55.7 Å². The van der Waals surface area contributed by atoms with Crippen molar-refractivity contribution in [3.63, 3.8) is 0 Å². The van der Waals surface area contributed by atoms with Gasteiger partial charge in [0.2, 0.25) is 17.7 Å². The van der Waals surface area contributed by atoms with Crippen LogP contribution in [0.3, 0.4) is 0 Å². The number of halogens is 10. The Morgan fingerprint density at radius 3 is 2.14 bits per heavy atom. The maximum absolute atomic E-state index is 14.2. The van der Waals surface area contributed by atoms with Gasteiger partial charge in [0, 0.05) is 42.5 Å². The zero-order valence-electron chi connectivity index (χ0n) is 22.1. The molecule has 3 unspecified atom stereocenters. The van der Waals surface area contributed by atoms with Gasteiger partial charge in [0.15, 0.2) is 0 Å². The van der Waals surface area contributed by atoms with Gasteiger partial charge in [0.1, 0.15) is 16.5 Å². The van der Waals surface area contributed by atoms with Crippen LogP contribution in [0.25, 0.3) is 0 Å². The van der Waals surface area contributed by atoms with Gasteiger partial charge in [-0.05, 0) is 68.5 Å². The van der Waals surface area contributed by atoms with E-state index in [0.29, 0.717) is 42.3 Å². The molecular formula is C26H26F10N4O2S. The van der Waals surface area contributed by atoms with Crippen molar-refractivity contribution in [3.05, 3.63) is 53.9 Å². The molecule has 3 aliphatic rings. The molecule has 5 rings (SSSR count). The van der Waals surface area contributed by atoms with E-state index in [1.807, 2.05) is 0 Å². The summed E-state index contributed by atoms with van der Waals surface area (Å²) < 4.78 is 137. The van der Waals surface area contributed by atoms with E-state index in [4.69, 9.17) is 0 Å². The molecule has 43 heavy (non-hydrogen) atoms. The smallest absolute Gasteiger partial charge is 0.351 e. The number of pyridine rings is 1. The topological polar surface area (TPSA) is 74.3 Å². The normalized spacial score (nSPS) is 26.0. The Kier molecular flexibility index (Phi) is 6.90. The summed E-state index contributed by atoms with van der Waals surface area (Å²) in [6.07, 6.45) is -4.60. The van der Waals surface area contributed by atoms with Crippen LogP contribution in [0.2, 0.25) is 0 Å². The first-order valence-electron chi connectivity index (χ1n) is 13.2. The van der Waals surface area contributed by atoms with E-state index in [0.717, 1.165) is 6.20 Å². The molecule has 17 heteroatoms. The molecule has 0 radical (unpaired) electrons. The Labute approximate surface area is 238 Å².